The number of rotatable bonds is 2. The van der Waals surface area contributed by atoms with Crippen LogP contribution in [0.5, 0.6) is 5.75 Å². The Kier molecular flexibility index (Phi) is 3.62. The molecular formula is C15H11BrN2O3. The van der Waals surface area contributed by atoms with Gasteiger partial charge in [-0.05, 0) is 36.4 Å². The number of halogens is 1. The van der Waals surface area contributed by atoms with Gasteiger partial charge in [0.1, 0.15) is 5.75 Å². The highest BCUT2D eigenvalue weighted by molar-refractivity contribution is 9.10. The third-order valence-corrected chi connectivity index (χ3v) is 3.45. The molecule has 0 radical (unpaired) electrons. The Hall–Kier alpha value is -2.34. The first-order valence-corrected chi connectivity index (χ1v) is 7.05. The van der Waals surface area contributed by atoms with Crippen molar-refractivity contribution in [3.05, 3.63) is 52.5 Å². The Morgan fingerprint density at radius 2 is 2.10 bits per heavy atom. The standard InChI is InChI=1S/C15H11BrN2O3/c16-10-2-1-3-11(7-10)17-15(20)9-4-5-13-12(6-9)18-14(19)8-21-13/h1-7H,8H2,(H,17,20)(H,18,19). The zero-order valence-electron chi connectivity index (χ0n) is 10.9. The maximum Gasteiger partial charge on any atom is 0.262 e. The van der Waals surface area contributed by atoms with Gasteiger partial charge in [0.2, 0.25) is 0 Å². The van der Waals surface area contributed by atoms with E-state index in [1.165, 1.54) is 0 Å². The highest BCUT2D eigenvalue weighted by atomic mass is 79.9. The van der Waals surface area contributed by atoms with Crippen molar-refractivity contribution in [2.75, 3.05) is 17.2 Å². The topological polar surface area (TPSA) is 67.4 Å². The molecule has 0 saturated carbocycles. The summed E-state index contributed by atoms with van der Waals surface area (Å²) in [6.07, 6.45) is 0. The lowest BCUT2D eigenvalue weighted by Gasteiger charge is -2.18. The fourth-order valence-corrected chi connectivity index (χ4v) is 2.39. The van der Waals surface area contributed by atoms with E-state index in [0.717, 1.165) is 4.47 Å². The molecule has 1 aliphatic heterocycles. The van der Waals surface area contributed by atoms with Crippen molar-refractivity contribution in [3.63, 3.8) is 0 Å². The quantitative estimate of drug-likeness (QED) is 0.878. The van der Waals surface area contributed by atoms with Crippen molar-refractivity contribution in [1.82, 2.24) is 0 Å². The summed E-state index contributed by atoms with van der Waals surface area (Å²) in [4.78, 5) is 23.5. The van der Waals surface area contributed by atoms with Gasteiger partial charge < -0.3 is 15.4 Å². The Labute approximate surface area is 129 Å². The van der Waals surface area contributed by atoms with Crippen molar-refractivity contribution in [3.8, 4) is 5.75 Å². The summed E-state index contributed by atoms with van der Waals surface area (Å²) in [5, 5.41) is 5.47. The van der Waals surface area contributed by atoms with Crippen LogP contribution in [0.25, 0.3) is 0 Å². The SMILES string of the molecule is O=C1COc2ccc(C(=O)Nc3cccc(Br)c3)cc2N1. The van der Waals surface area contributed by atoms with E-state index in [4.69, 9.17) is 4.74 Å². The largest absolute Gasteiger partial charge is 0.482 e. The molecule has 106 valence electrons. The highest BCUT2D eigenvalue weighted by Gasteiger charge is 2.17. The summed E-state index contributed by atoms with van der Waals surface area (Å²) in [7, 11) is 0. The van der Waals surface area contributed by atoms with Gasteiger partial charge >= 0.3 is 0 Å². The summed E-state index contributed by atoms with van der Waals surface area (Å²) in [6.45, 7) is -0.00339. The molecule has 1 aliphatic rings. The van der Waals surface area contributed by atoms with Crippen LogP contribution in [-0.4, -0.2) is 18.4 Å². The van der Waals surface area contributed by atoms with Gasteiger partial charge in [0.15, 0.2) is 6.61 Å². The number of hydrogen-bond acceptors (Lipinski definition) is 3. The van der Waals surface area contributed by atoms with Crippen LogP contribution in [0.15, 0.2) is 46.9 Å². The van der Waals surface area contributed by atoms with E-state index in [2.05, 4.69) is 26.6 Å². The van der Waals surface area contributed by atoms with E-state index in [1.807, 2.05) is 12.1 Å². The number of fused-ring (bicyclic) bond motifs is 1. The molecule has 0 aliphatic carbocycles. The smallest absolute Gasteiger partial charge is 0.262 e. The van der Waals surface area contributed by atoms with Gasteiger partial charge in [0.25, 0.3) is 11.8 Å². The van der Waals surface area contributed by atoms with E-state index in [0.29, 0.717) is 22.7 Å². The van der Waals surface area contributed by atoms with Gasteiger partial charge in [-0.1, -0.05) is 22.0 Å². The summed E-state index contributed by atoms with van der Waals surface area (Å²) in [6, 6.07) is 12.2. The van der Waals surface area contributed by atoms with Crippen molar-refractivity contribution in [2.45, 2.75) is 0 Å². The van der Waals surface area contributed by atoms with E-state index in [-0.39, 0.29) is 18.4 Å². The molecular weight excluding hydrogens is 336 g/mol. The van der Waals surface area contributed by atoms with Crippen LogP contribution in [0.4, 0.5) is 11.4 Å². The minimum atomic E-state index is -0.254. The first kappa shape index (κ1) is 13.6. The van der Waals surface area contributed by atoms with Crippen LogP contribution in [-0.2, 0) is 4.79 Å². The number of nitrogens with one attached hydrogen (secondary N) is 2. The van der Waals surface area contributed by atoms with Gasteiger partial charge in [0.05, 0.1) is 5.69 Å². The van der Waals surface area contributed by atoms with Crippen LogP contribution in [0.3, 0.4) is 0 Å². The van der Waals surface area contributed by atoms with Gasteiger partial charge in [-0.2, -0.15) is 0 Å². The van der Waals surface area contributed by atoms with Gasteiger partial charge in [0, 0.05) is 15.7 Å². The minimum Gasteiger partial charge on any atom is -0.482 e. The Balaban J connectivity index is 1.82. The van der Waals surface area contributed by atoms with Gasteiger partial charge in [-0.25, -0.2) is 0 Å². The zero-order valence-corrected chi connectivity index (χ0v) is 12.4. The maximum absolute atomic E-state index is 12.2. The molecule has 0 aromatic heterocycles. The third-order valence-electron chi connectivity index (χ3n) is 2.96. The molecule has 2 amide bonds. The number of anilines is 2. The molecule has 0 atom stereocenters. The molecule has 0 fully saturated rings. The highest BCUT2D eigenvalue weighted by Crippen LogP contribution is 2.28. The predicted molar refractivity (Wildman–Crippen MR) is 82.7 cm³/mol. The average Bonchev–Trinajstić information content (AvgIpc) is 2.46. The normalized spacial score (nSPS) is 12.9. The van der Waals surface area contributed by atoms with E-state index in [9.17, 15) is 9.59 Å². The maximum atomic E-state index is 12.2. The number of amides is 2. The fourth-order valence-electron chi connectivity index (χ4n) is 1.99. The first-order chi connectivity index (χ1) is 10.1. The molecule has 3 rings (SSSR count). The van der Waals surface area contributed by atoms with Gasteiger partial charge in [-0.15, -0.1) is 0 Å². The molecule has 0 unspecified atom stereocenters. The molecule has 0 spiro atoms. The number of carbonyl (C=O) groups excluding carboxylic acids is 2. The van der Waals surface area contributed by atoms with Crippen LogP contribution < -0.4 is 15.4 Å². The predicted octanol–water partition coefficient (Wildman–Crippen LogP) is 3.03. The second-order valence-electron chi connectivity index (χ2n) is 4.51. The average molecular weight is 347 g/mol. The lowest BCUT2D eigenvalue weighted by Crippen LogP contribution is -2.25. The van der Waals surface area contributed by atoms with Crippen LogP contribution in [0, 0.1) is 0 Å². The number of carbonyl (C=O) groups is 2. The Morgan fingerprint density at radius 1 is 1.24 bits per heavy atom. The summed E-state index contributed by atoms with van der Waals surface area (Å²) in [5.74, 6) is 0.0800. The van der Waals surface area contributed by atoms with Crippen LogP contribution >= 0.6 is 15.9 Å². The van der Waals surface area contributed by atoms with Crippen molar-refractivity contribution in [1.29, 1.82) is 0 Å². The summed E-state index contributed by atoms with van der Waals surface area (Å²) >= 11 is 3.35. The van der Waals surface area contributed by atoms with Crippen LogP contribution in [0.1, 0.15) is 10.4 Å². The van der Waals surface area contributed by atoms with E-state index >= 15 is 0 Å². The molecule has 21 heavy (non-hydrogen) atoms. The zero-order chi connectivity index (χ0) is 14.8. The van der Waals surface area contributed by atoms with Crippen molar-refractivity contribution in [2.24, 2.45) is 0 Å². The molecule has 1 heterocycles. The first-order valence-electron chi connectivity index (χ1n) is 6.25. The molecule has 2 aromatic carbocycles. The van der Waals surface area contributed by atoms with Crippen molar-refractivity contribution >= 4 is 39.1 Å². The second-order valence-corrected chi connectivity index (χ2v) is 5.43. The van der Waals surface area contributed by atoms with E-state index in [1.54, 1.807) is 30.3 Å². The monoisotopic (exact) mass is 346 g/mol. The molecule has 2 aromatic rings. The van der Waals surface area contributed by atoms with Crippen LogP contribution in [0.2, 0.25) is 0 Å². The number of benzene rings is 2. The van der Waals surface area contributed by atoms with Crippen molar-refractivity contribution < 1.29 is 14.3 Å². The Bertz CT molecular complexity index is 731. The summed E-state index contributed by atoms with van der Waals surface area (Å²) in [5.41, 5.74) is 1.64. The molecule has 2 N–H and O–H groups in total. The third kappa shape index (κ3) is 3.05. The van der Waals surface area contributed by atoms with Gasteiger partial charge in [-0.3, -0.25) is 9.59 Å². The molecule has 0 saturated heterocycles. The summed E-state index contributed by atoms with van der Waals surface area (Å²) < 4.78 is 6.14. The molecule has 6 heteroatoms. The minimum absolute atomic E-state index is 0.00339. The molecule has 0 bridgehead atoms. The second kappa shape index (κ2) is 5.57. The lowest BCUT2D eigenvalue weighted by molar-refractivity contribution is -0.118. The molecule has 5 nitrogen and oxygen atoms in total. The fraction of sp³-hybridized carbons (Fsp3) is 0.0667. The van der Waals surface area contributed by atoms with E-state index < -0.39 is 0 Å². The number of ether oxygens (including phenoxy) is 1. The lowest BCUT2D eigenvalue weighted by atomic mass is 10.1. The number of hydrogen-bond donors (Lipinski definition) is 2. The Morgan fingerprint density at radius 3 is 2.90 bits per heavy atom.